The van der Waals surface area contributed by atoms with E-state index < -0.39 is 12.0 Å². The van der Waals surface area contributed by atoms with Crippen molar-refractivity contribution in [2.45, 2.75) is 12.1 Å². The lowest BCUT2D eigenvalue weighted by Gasteiger charge is -2.34. The summed E-state index contributed by atoms with van der Waals surface area (Å²) in [5.74, 6) is -0.426. The van der Waals surface area contributed by atoms with Crippen LogP contribution in [0.2, 0.25) is 0 Å². The van der Waals surface area contributed by atoms with Crippen molar-refractivity contribution in [2.75, 3.05) is 20.4 Å². The van der Waals surface area contributed by atoms with Gasteiger partial charge in [-0.1, -0.05) is 0 Å². The van der Waals surface area contributed by atoms with Crippen LogP contribution >= 0.6 is 0 Å². The van der Waals surface area contributed by atoms with E-state index >= 15 is 0 Å². The van der Waals surface area contributed by atoms with Crippen molar-refractivity contribution in [3.8, 4) is 0 Å². The lowest BCUT2D eigenvalue weighted by Crippen LogP contribution is -2.59. The summed E-state index contributed by atoms with van der Waals surface area (Å²) in [6.07, 6.45) is -0.481. The molecule has 1 rings (SSSR count). The normalized spacial score (nSPS) is 29.5. The summed E-state index contributed by atoms with van der Waals surface area (Å²) in [4.78, 5) is 10.6. The van der Waals surface area contributed by atoms with E-state index in [1.807, 2.05) is 0 Å². The van der Waals surface area contributed by atoms with Crippen LogP contribution in [0.25, 0.3) is 0 Å². The third-order valence-electron chi connectivity index (χ3n) is 1.59. The maximum Gasteiger partial charge on any atom is 0.248 e. The molecule has 5 nitrogen and oxygen atoms in total. The monoisotopic (exact) mass is 160 g/mol. The molecule has 0 aromatic heterocycles. The van der Waals surface area contributed by atoms with E-state index in [1.54, 1.807) is 7.11 Å². The van der Waals surface area contributed by atoms with E-state index in [9.17, 15) is 4.79 Å². The van der Waals surface area contributed by atoms with Crippen LogP contribution in [0.3, 0.4) is 0 Å². The summed E-state index contributed by atoms with van der Waals surface area (Å²) in [6.45, 7) is 0.939. The molecule has 3 N–H and O–H groups in total. The average Bonchev–Trinajstić information content (AvgIpc) is 1.84. The topological polar surface area (TPSA) is 73.6 Å². The van der Waals surface area contributed by atoms with E-state index in [2.05, 4.69) is 5.32 Å². The number of amides is 1. The molecule has 0 aromatic carbocycles. The molecule has 0 unspecified atom stereocenters. The largest absolute Gasteiger partial charge is 0.370 e. The first kappa shape index (κ1) is 8.45. The number of nitrogens with one attached hydrogen (secondary N) is 1. The number of nitrogens with two attached hydrogens (primary N) is 1. The number of rotatable bonds is 4. The van der Waals surface area contributed by atoms with E-state index in [0.29, 0.717) is 13.3 Å². The number of carbonyl (C=O) groups excluding carboxylic acids is 1. The molecule has 0 spiro atoms. The quantitative estimate of drug-likeness (QED) is 0.487. The summed E-state index contributed by atoms with van der Waals surface area (Å²) in [7, 11) is 1.58. The van der Waals surface area contributed by atoms with Crippen molar-refractivity contribution in [1.82, 2.24) is 5.32 Å². The van der Waals surface area contributed by atoms with Gasteiger partial charge in [0, 0.05) is 7.11 Å². The minimum absolute atomic E-state index is 0.0208. The van der Waals surface area contributed by atoms with Crippen LogP contribution in [-0.4, -0.2) is 38.5 Å². The highest BCUT2D eigenvalue weighted by Crippen LogP contribution is 2.11. The Balaban J connectivity index is 2.20. The van der Waals surface area contributed by atoms with Gasteiger partial charge in [-0.2, -0.15) is 0 Å². The molecule has 0 radical (unpaired) electrons. The van der Waals surface area contributed by atoms with Crippen molar-refractivity contribution >= 4 is 5.91 Å². The van der Waals surface area contributed by atoms with Gasteiger partial charge >= 0.3 is 0 Å². The molecular formula is C6H12N2O3. The zero-order chi connectivity index (χ0) is 8.27. The van der Waals surface area contributed by atoms with Crippen LogP contribution in [0, 0.1) is 0 Å². The fourth-order valence-electron chi connectivity index (χ4n) is 0.925. The molecule has 1 heterocycles. The molecule has 1 saturated heterocycles. The van der Waals surface area contributed by atoms with Crippen LogP contribution < -0.4 is 11.1 Å². The third kappa shape index (κ3) is 1.89. The van der Waals surface area contributed by atoms with Crippen LogP contribution in [0.5, 0.6) is 0 Å². The zero-order valence-electron chi connectivity index (χ0n) is 6.37. The Morgan fingerprint density at radius 2 is 2.64 bits per heavy atom. The molecule has 0 saturated carbocycles. The lowest BCUT2D eigenvalue weighted by atomic mass is 10.1. The van der Waals surface area contributed by atoms with Gasteiger partial charge in [-0.15, -0.1) is 0 Å². The molecule has 1 amide bonds. The summed E-state index contributed by atoms with van der Waals surface area (Å²) in [5.41, 5.74) is 5.02. The maximum absolute atomic E-state index is 10.6. The number of hydrogen-bond donors (Lipinski definition) is 2. The molecule has 2 atom stereocenters. The maximum atomic E-state index is 10.6. The van der Waals surface area contributed by atoms with E-state index in [1.165, 1.54) is 0 Å². The minimum atomic E-state index is -0.481. The second kappa shape index (κ2) is 3.66. The Bertz CT molecular complexity index is 151. The first-order valence-corrected chi connectivity index (χ1v) is 3.39. The molecule has 1 aliphatic rings. The van der Waals surface area contributed by atoms with Crippen LogP contribution in [0.1, 0.15) is 0 Å². The van der Waals surface area contributed by atoms with Crippen molar-refractivity contribution < 1.29 is 14.3 Å². The fourth-order valence-corrected chi connectivity index (χ4v) is 0.925. The summed E-state index contributed by atoms with van der Waals surface area (Å²) >= 11 is 0. The van der Waals surface area contributed by atoms with E-state index in [0.717, 1.165) is 0 Å². The van der Waals surface area contributed by atoms with Crippen LogP contribution in [-0.2, 0) is 14.3 Å². The first-order valence-electron chi connectivity index (χ1n) is 3.39. The molecule has 64 valence electrons. The van der Waals surface area contributed by atoms with Gasteiger partial charge in [-0.25, -0.2) is 0 Å². The molecule has 1 fully saturated rings. The highest BCUT2D eigenvalue weighted by Gasteiger charge is 2.35. The van der Waals surface area contributed by atoms with Crippen molar-refractivity contribution in [1.29, 1.82) is 0 Å². The van der Waals surface area contributed by atoms with Gasteiger partial charge in [-0.05, 0) is 0 Å². The average molecular weight is 160 g/mol. The van der Waals surface area contributed by atoms with Crippen LogP contribution in [0.4, 0.5) is 0 Å². The predicted octanol–water partition coefficient (Wildman–Crippen LogP) is -1.57. The van der Waals surface area contributed by atoms with E-state index in [4.69, 9.17) is 15.2 Å². The molecule has 0 aromatic rings. The van der Waals surface area contributed by atoms with Gasteiger partial charge in [0.05, 0.1) is 19.4 Å². The SMILES string of the molecule is COCN[C@@H]1CO[C@@H]1C(N)=O. The molecule has 5 heteroatoms. The fraction of sp³-hybridized carbons (Fsp3) is 0.833. The molecule has 0 bridgehead atoms. The Hall–Kier alpha value is -0.650. The van der Waals surface area contributed by atoms with Gasteiger partial charge in [0.25, 0.3) is 0 Å². The Labute approximate surface area is 64.8 Å². The van der Waals surface area contributed by atoms with Gasteiger partial charge < -0.3 is 15.2 Å². The molecular weight excluding hydrogens is 148 g/mol. The second-order valence-electron chi connectivity index (χ2n) is 2.40. The Morgan fingerprint density at radius 3 is 3.00 bits per heavy atom. The molecule has 0 aliphatic carbocycles. The van der Waals surface area contributed by atoms with Gasteiger partial charge in [0.15, 0.2) is 6.10 Å². The van der Waals surface area contributed by atoms with Crippen molar-refractivity contribution in [3.05, 3.63) is 0 Å². The van der Waals surface area contributed by atoms with Gasteiger partial charge in [-0.3, -0.25) is 10.1 Å². The van der Waals surface area contributed by atoms with E-state index in [-0.39, 0.29) is 6.04 Å². The smallest absolute Gasteiger partial charge is 0.248 e. The number of methoxy groups -OCH3 is 1. The predicted molar refractivity (Wildman–Crippen MR) is 37.7 cm³/mol. The molecule has 1 aliphatic heterocycles. The van der Waals surface area contributed by atoms with Crippen molar-refractivity contribution in [2.24, 2.45) is 5.73 Å². The van der Waals surface area contributed by atoms with Crippen molar-refractivity contribution in [3.63, 3.8) is 0 Å². The highest BCUT2D eigenvalue weighted by atomic mass is 16.5. The second-order valence-corrected chi connectivity index (χ2v) is 2.40. The number of ether oxygens (including phenoxy) is 2. The number of primary amides is 1. The summed E-state index contributed by atoms with van der Waals surface area (Å²) in [5, 5.41) is 2.95. The summed E-state index contributed by atoms with van der Waals surface area (Å²) in [6, 6.07) is 0.0208. The minimum Gasteiger partial charge on any atom is -0.370 e. The zero-order valence-corrected chi connectivity index (χ0v) is 6.37. The summed E-state index contributed by atoms with van der Waals surface area (Å²) < 4.78 is 9.67. The highest BCUT2D eigenvalue weighted by molar-refractivity contribution is 5.80. The molecule has 11 heavy (non-hydrogen) atoms. The third-order valence-corrected chi connectivity index (χ3v) is 1.59. The number of hydrogen-bond acceptors (Lipinski definition) is 4. The standard InChI is InChI=1S/C6H12N2O3/c1-10-3-8-4-2-11-5(4)6(7)9/h4-5,8H,2-3H2,1H3,(H2,7,9)/t4-,5+/m1/s1. The Kier molecular flexibility index (Phi) is 2.81. The lowest BCUT2D eigenvalue weighted by molar-refractivity contribution is -0.150. The van der Waals surface area contributed by atoms with Gasteiger partial charge in [0.1, 0.15) is 0 Å². The van der Waals surface area contributed by atoms with Gasteiger partial charge in [0.2, 0.25) is 5.91 Å². The number of carbonyl (C=O) groups is 1. The van der Waals surface area contributed by atoms with Crippen LogP contribution in [0.15, 0.2) is 0 Å². The Morgan fingerprint density at radius 1 is 1.91 bits per heavy atom. The first-order chi connectivity index (χ1) is 5.25.